The molecular weight excluding hydrogens is 356 g/mol. The van der Waals surface area contributed by atoms with Crippen LogP contribution >= 0.6 is 0 Å². The molecule has 1 heterocycles. The Balaban J connectivity index is 1.97. The zero-order chi connectivity index (χ0) is 20.5. The molecule has 3 heteroatoms. The molecule has 0 spiro atoms. The molecule has 0 radical (unpaired) electrons. The van der Waals surface area contributed by atoms with E-state index in [2.05, 4.69) is 93.8 Å². The van der Waals surface area contributed by atoms with Crippen LogP contribution in [0.5, 0.6) is 5.75 Å². The fourth-order valence-electron chi connectivity index (χ4n) is 4.27. The zero-order valence-corrected chi connectivity index (χ0v) is 18.0. The molecule has 0 aromatic heterocycles. The molecule has 0 amide bonds. The molecule has 2 aromatic rings. The van der Waals surface area contributed by atoms with E-state index in [-0.39, 0.29) is 6.10 Å². The van der Waals surface area contributed by atoms with Gasteiger partial charge in [0.25, 0.3) is 0 Å². The second-order valence-corrected chi connectivity index (χ2v) is 7.82. The lowest BCUT2D eigenvalue weighted by atomic mass is 9.82. The van der Waals surface area contributed by atoms with Crippen molar-refractivity contribution < 1.29 is 4.74 Å². The average Bonchev–Trinajstić information content (AvgIpc) is 2.69. The lowest BCUT2D eigenvalue weighted by Gasteiger charge is -2.33. The Morgan fingerprint density at radius 3 is 2.38 bits per heavy atom. The van der Waals surface area contributed by atoms with Crippen LogP contribution in [0.2, 0.25) is 0 Å². The van der Waals surface area contributed by atoms with Gasteiger partial charge in [0, 0.05) is 47.2 Å². The SMILES string of the molecule is CCNC1=CC2Oc3cc(NCC)c(C)cc3C(c3ccccc3C)=C2C=C1C. The number of allylic oxidation sites excluding steroid dienone is 1. The molecule has 1 unspecified atom stereocenters. The van der Waals surface area contributed by atoms with Crippen LogP contribution in [0.3, 0.4) is 0 Å². The highest BCUT2D eigenvalue weighted by atomic mass is 16.5. The predicted molar refractivity (Wildman–Crippen MR) is 122 cm³/mol. The molecule has 3 nitrogen and oxygen atoms in total. The van der Waals surface area contributed by atoms with Gasteiger partial charge in [0.1, 0.15) is 11.9 Å². The molecule has 4 rings (SSSR count). The summed E-state index contributed by atoms with van der Waals surface area (Å²) in [5.41, 5.74) is 11.0. The number of hydrogen-bond donors (Lipinski definition) is 2. The summed E-state index contributed by atoms with van der Waals surface area (Å²) in [5.74, 6) is 0.943. The Bertz CT molecular complexity index is 1040. The number of benzene rings is 2. The van der Waals surface area contributed by atoms with Crippen LogP contribution in [-0.2, 0) is 0 Å². The van der Waals surface area contributed by atoms with Crippen LogP contribution in [0.4, 0.5) is 5.69 Å². The Labute approximate surface area is 174 Å². The molecule has 0 saturated carbocycles. The van der Waals surface area contributed by atoms with Crippen LogP contribution in [0.25, 0.3) is 5.57 Å². The van der Waals surface area contributed by atoms with E-state index in [0.29, 0.717) is 0 Å². The number of nitrogens with one attached hydrogen (secondary N) is 2. The molecule has 0 fully saturated rings. The quantitative estimate of drug-likeness (QED) is 0.686. The van der Waals surface area contributed by atoms with Crippen molar-refractivity contribution in [2.45, 2.75) is 40.7 Å². The number of rotatable bonds is 5. The van der Waals surface area contributed by atoms with Crippen molar-refractivity contribution in [1.29, 1.82) is 0 Å². The minimum atomic E-state index is -0.0907. The van der Waals surface area contributed by atoms with Gasteiger partial charge in [-0.05, 0) is 75.1 Å². The summed E-state index contributed by atoms with van der Waals surface area (Å²) in [6.45, 7) is 12.6. The molecule has 1 aliphatic heterocycles. The number of aryl methyl sites for hydroxylation is 2. The van der Waals surface area contributed by atoms with Gasteiger partial charge in [-0.2, -0.15) is 0 Å². The Morgan fingerprint density at radius 2 is 1.66 bits per heavy atom. The van der Waals surface area contributed by atoms with E-state index in [1.165, 1.54) is 39.0 Å². The molecular formula is C26H30N2O. The van der Waals surface area contributed by atoms with Gasteiger partial charge in [-0.3, -0.25) is 0 Å². The zero-order valence-electron chi connectivity index (χ0n) is 18.0. The molecule has 150 valence electrons. The summed E-state index contributed by atoms with van der Waals surface area (Å²) in [6.07, 6.45) is 4.43. The third-order valence-corrected chi connectivity index (χ3v) is 5.71. The summed E-state index contributed by atoms with van der Waals surface area (Å²) in [5, 5.41) is 6.94. The van der Waals surface area contributed by atoms with Gasteiger partial charge in [0.05, 0.1) is 0 Å². The molecule has 1 aliphatic carbocycles. The van der Waals surface area contributed by atoms with Crippen LogP contribution < -0.4 is 15.4 Å². The first-order valence-electron chi connectivity index (χ1n) is 10.5. The van der Waals surface area contributed by atoms with Crippen molar-refractivity contribution in [1.82, 2.24) is 5.32 Å². The van der Waals surface area contributed by atoms with E-state index in [0.717, 1.165) is 30.2 Å². The van der Waals surface area contributed by atoms with Crippen LogP contribution in [0.1, 0.15) is 43.0 Å². The first-order chi connectivity index (χ1) is 14.0. The molecule has 2 aromatic carbocycles. The average molecular weight is 387 g/mol. The van der Waals surface area contributed by atoms with E-state index in [4.69, 9.17) is 4.74 Å². The van der Waals surface area contributed by atoms with Crippen molar-refractivity contribution in [2.24, 2.45) is 0 Å². The van der Waals surface area contributed by atoms with Crippen molar-refractivity contribution >= 4 is 11.3 Å². The van der Waals surface area contributed by atoms with Gasteiger partial charge in [0.2, 0.25) is 0 Å². The minimum Gasteiger partial charge on any atom is -0.481 e. The molecule has 0 bridgehead atoms. The van der Waals surface area contributed by atoms with Crippen LogP contribution in [0.15, 0.2) is 65.4 Å². The fraction of sp³-hybridized carbons (Fsp3) is 0.308. The number of hydrogen-bond acceptors (Lipinski definition) is 3. The Hall–Kier alpha value is -2.94. The number of anilines is 1. The normalized spacial score (nSPS) is 17.6. The van der Waals surface area contributed by atoms with E-state index in [1.54, 1.807) is 0 Å². The van der Waals surface area contributed by atoms with E-state index in [9.17, 15) is 0 Å². The Morgan fingerprint density at radius 1 is 0.897 bits per heavy atom. The second kappa shape index (κ2) is 7.82. The number of ether oxygens (including phenoxy) is 1. The van der Waals surface area contributed by atoms with Crippen LogP contribution in [-0.4, -0.2) is 19.2 Å². The van der Waals surface area contributed by atoms with Gasteiger partial charge in [0.15, 0.2) is 0 Å². The number of fused-ring (bicyclic) bond motifs is 2. The monoisotopic (exact) mass is 386 g/mol. The van der Waals surface area contributed by atoms with Crippen LogP contribution in [0, 0.1) is 13.8 Å². The molecule has 29 heavy (non-hydrogen) atoms. The van der Waals surface area contributed by atoms with Crippen molar-refractivity contribution in [2.75, 3.05) is 18.4 Å². The topological polar surface area (TPSA) is 33.3 Å². The first-order valence-corrected chi connectivity index (χ1v) is 10.5. The third-order valence-electron chi connectivity index (χ3n) is 5.71. The summed E-state index contributed by atoms with van der Waals surface area (Å²) in [4.78, 5) is 0. The van der Waals surface area contributed by atoms with Crippen molar-refractivity contribution in [3.05, 3.63) is 87.6 Å². The van der Waals surface area contributed by atoms with Gasteiger partial charge >= 0.3 is 0 Å². The van der Waals surface area contributed by atoms with E-state index < -0.39 is 0 Å². The predicted octanol–water partition coefficient (Wildman–Crippen LogP) is 5.75. The number of likely N-dealkylation sites (N-methyl/N-ethyl adjacent to an activating group) is 1. The maximum Gasteiger partial charge on any atom is 0.145 e. The molecule has 0 saturated heterocycles. The fourth-order valence-corrected chi connectivity index (χ4v) is 4.27. The summed E-state index contributed by atoms with van der Waals surface area (Å²) in [6, 6.07) is 13.1. The second-order valence-electron chi connectivity index (χ2n) is 7.82. The Kier molecular flexibility index (Phi) is 5.23. The maximum absolute atomic E-state index is 6.54. The first kappa shape index (κ1) is 19.4. The van der Waals surface area contributed by atoms with Crippen molar-refractivity contribution in [3.63, 3.8) is 0 Å². The highest BCUT2D eigenvalue weighted by molar-refractivity contribution is 5.91. The largest absolute Gasteiger partial charge is 0.481 e. The minimum absolute atomic E-state index is 0.0907. The van der Waals surface area contributed by atoms with E-state index >= 15 is 0 Å². The van der Waals surface area contributed by atoms with E-state index in [1.807, 2.05) is 0 Å². The summed E-state index contributed by atoms with van der Waals surface area (Å²) >= 11 is 0. The summed E-state index contributed by atoms with van der Waals surface area (Å²) in [7, 11) is 0. The molecule has 1 atom stereocenters. The lowest BCUT2D eigenvalue weighted by Crippen LogP contribution is -2.28. The smallest absolute Gasteiger partial charge is 0.145 e. The van der Waals surface area contributed by atoms with Gasteiger partial charge in [-0.1, -0.05) is 24.3 Å². The summed E-state index contributed by atoms with van der Waals surface area (Å²) < 4.78 is 6.54. The van der Waals surface area contributed by atoms with Crippen molar-refractivity contribution in [3.8, 4) is 5.75 Å². The van der Waals surface area contributed by atoms with Gasteiger partial charge in [-0.25, -0.2) is 0 Å². The molecule has 2 aliphatic rings. The standard InChI is InChI=1S/C26H30N2O/c1-6-27-22-14-24-20(12-17(22)4)26(19-11-9-8-10-16(19)3)21-13-18(5)23(28-7-2)15-25(21)29-24/h8-15,24,27-28H,6-7H2,1-5H3. The lowest BCUT2D eigenvalue weighted by molar-refractivity contribution is 0.280. The highest BCUT2D eigenvalue weighted by Gasteiger charge is 2.31. The van der Waals surface area contributed by atoms with Gasteiger partial charge < -0.3 is 15.4 Å². The van der Waals surface area contributed by atoms with Gasteiger partial charge in [-0.15, -0.1) is 0 Å². The molecule has 2 N–H and O–H groups in total. The third kappa shape index (κ3) is 3.46. The maximum atomic E-state index is 6.54. The highest BCUT2D eigenvalue weighted by Crippen LogP contribution is 2.45.